The van der Waals surface area contributed by atoms with Gasteiger partial charge in [-0.15, -0.1) is 0 Å². The van der Waals surface area contributed by atoms with Crippen LogP contribution in [0.25, 0.3) is 0 Å². The molecule has 1 aliphatic rings. The predicted octanol–water partition coefficient (Wildman–Crippen LogP) is 3.97. The van der Waals surface area contributed by atoms with Crippen molar-refractivity contribution in [3.8, 4) is 0 Å². The van der Waals surface area contributed by atoms with Crippen LogP contribution in [-0.4, -0.2) is 30.6 Å². The molecule has 20 heavy (non-hydrogen) atoms. The first-order valence-corrected chi connectivity index (χ1v) is 8.55. The van der Waals surface area contributed by atoms with Crippen molar-refractivity contribution < 1.29 is 0 Å². The van der Waals surface area contributed by atoms with Crippen molar-refractivity contribution in [1.82, 2.24) is 10.2 Å². The van der Waals surface area contributed by atoms with E-state index in [4.69, 9.17) is 0 Å². The fraction of sp³-hybridized carbons (Fsp3) is 0.647. The quantitative estimate of drug-likeness (QED) is 0.873. The van der Waals surface area contributed by atoms with E-state index < -0.39 is 0 Å². The zero-order chi connectivity index (χ0) is 14.5. The highest BCUT2D eigenvalue weighted by Gasteiger charge is 2.19. The lowest BCUT2D eigenvalue weighted by molar-refractivity contribution is 0.164. The van der Waals surface area contributed by atoms with Gasteiger partial charge in [-0.25, -0.2) is 0 Å². The van der Waals surface area contributed by atoms with Crippen molar-refractivity contribution >= 4 is 15.9 Å². The lowest BCUT2D eigenvalue weighted by atomic mass is 9.98. The number of hydrogen-bond acceptors (Lipinski definition) is 2. The van der Waals surface area contributed by atoms with Crippen LogP contribution in [0, 0.1) is 12.8 Å². The first-order valence-electron chi connectivity index (χ1n) is 7.76. The van der Waals surface area contributed by atoms with Crippen molar-refractivity contribution in [3.05, 3.63) is 33.8 Å². The molecule has 1 aromatic carbocycles. The van der Waals surface area contributed by atoms with E-state index >= 15 is 0 Å². The number of nitrogens with zero attached hydrogens (tertiary/aromatic N) is 1. The highest BCUT2D eigenvalue weighted by molar-refractivity contribution is 9.10. The average Bonchev–Trinajstić information content (AvgIpc) is 2.43. The lowest BCUT2D eigenvalue weighted by Crippen LogP contribution is -2.40. The van der Waals surface area contributed by atoms with Gasteiger partial charge in [-0.2, -0.15) is 0 Å². The molecule has 0 bridgehead atoms. The van der Waals surface area contributed by atoms with E-state index in [9.17, 15) is 0 Å². The summed E-state index contributed by atoms with van der Waals surface area (Å²) in [5.41, 5.74) is 2.71. The standard InChI is InChI=1S/C17H27BrN2/c1-13(2)20(12-16-5-4-8-19-10-16)11-15-7-6-14(3)17(18)9-15/h6-7,9,13,16,19H,4-5,8,10-12H2,1-3H3. The van der Waals surface area contributed by atoms with Gasteiger partial charge in [0, 0.05) is 23.6 Å². The van der Waals surface area contributed by atoms with E-state index in [-0.39, 0.29) is 0 Å². The van der Waals surface area contributed by atoms with Crippen LogP contribution < -0.4 is 5.32 Å². The summed E-state index contributed by atoms with van der Waals surface area (Å²) in [6.45, 7) is 11.4. The maximum absolute atomic E-state index is 3.64. The van der Waals surface area contributed by atoms with Crippen molar-refractivity contribution in [2.45, 2.75) is 46.2 Å². The second-order valence-corrected chi connectivity index (χ2v) is 7.17. The van der Waals surface area contributed by atoms with Gasteiger partial charge in [0.2, 0.25) is 0 Å². The van der Waals surface area contributed by atoms with E-state index in [2.05, 4.69) is 65.1 Å². The Morgan fingerprint density at radius 3 is 2.80 bits per heavy atom. The third-order valence-corrected chi connectivity index (χ3v) is 5.10. The molecule has 2 rings (SSSR count). The Labute approximate surface area is 132 Å². The van der Waals surface area contributed by atoms with Crippen LogP contribution in [0.5, 0.6) is 0 Å². The minimum atomic E-state index is 0.594. The normalized spacial score (nSPS) is 19.8. The average molecular weight is 339 g/mol. The summed E-state index contributed by atoms with van der Waals surface area (Å²) >= 11 is 3.64. The monoisotopic (exact) mass is 338 g/mol. The van der Waals surface area contributed by atoms with Gasteiger partial charge in [0.15, 0.2) is 0 Å². The Morgan fingerprint density at radius 2 is 2.20 bits per heavy atom. The molecule has 1 fully saturated rings. The third kappa shape index (κ3) is 4.57. The molecule has 0 saturated carbocycles. The Balaban J connectivity index is 1.99. The number of aryl methyl sites for hydroxylation is 1. The van der Waals surface area contributed by atoms with E-state index in [1.165, 1.54) is 48.1 Å². The van der Waals surface area contributed by atoms with Gasteiger partial charge >= 0.3 is 0 Å². The fourth-order valence-electron chi connectivity index (χ4n) is 2.84. The van der Waals surface area contributed by atoms with E-state index in [0.29, 0.717) is 6.04 Å². The number of piperidine rings is 1. The van der Waals surface area contributed by atoms with Crippen molar-refractivity contribution in [2.24, 2.45) is 5.92 Å². The molecule has 1 saturated heterocycles. The Bertz CT molecular complexity index is 425. The molecule has 1 atom stereocenters. The van der Waals surface area contributed by atoms with Crippen LogP contribution in [-0.2, 0) is 6.54 Å². The number of hydrogen-bond donors (Lipinski definition) is 1. The van der Waals surface area contributed by atoms with E-state index in [1.54, 1.807) is 0 Å². The van der Waals surface area contributed by atoms with Crippen LogP contribution in [0.15, 0.2) is 22.7 Å². The molecule has 0 radical (unpaired) electrons. The predicted molar refractivity (Wildman–Crippen MR) is 90.0 cm³/mol. The first kappa shape index (κ1) is 16.0. The minimum Gasteiger partial charge on any atom is -0.316 e. The van der Waals surface area contributed by atoms with Crippen molar-refractivity contribution in [2.75, 3.05) is 19.6 Å². The number of halogens is 1. The van der Waals surface area contributed by atoms with E-state index in [1.807, 2.05) is 0 Å². The van der Waals surface area contributed by atoms with Gasteiger partial charge in [-0.05, 0) is 69.8 Å². The zero-order valence-electron chi connectivity index (χ0n) is 13.0. The van der Waals surface area contributed by atoms with Gasteiger partial charge in [-0.3, -0.25) is 4.90 Å². The summed E-state index contributed by atoms with van der Waals surface area (Å²) in [4.78, 5) is 2.61. The van der Waals surface area contributed by atoms with Gasteiger partial charge in [0.1, 0.15) is 0 Å². The largest absolute Gasteiger partial charge is 0.316 e. The number of nitrogens with one attached hydrogen (secondary N) is 1. The van der Waals surface area contributed by atoms with E-state index in [0.717, 1.165) is 12.5 Å². The van der Waals surface area contributed by atoms with Gasteiger partial charge in [0.25, 0.3) is 0 Å². The second kappa shape index (κ2) is 7.58. The van der Waals surface area contributed by atoms with Crippen LogP contribution in [0.3, 0.4) is 0 Å². The Kier molecular flexibility index (Phi) is 6.06. The van der Waals surface area contributed by atoms with Gasteiger partial charge < -0.3 is 5.32 Å². The molecule has 0 aromatic heterocycles. The lowest BCUT2D eigenvalue weighted by Gasteiger charge is -2.33. The van der Waals surface area contributed by atoms with Crippen molar-refractivity contribution in [1.29, 1.82) is 0 Å². The molecule has 2 nitrogen and oxygen atoms in total. The smallest absolute Gasteiger partial charge is 0.0236 e. The maximum Gasteiger partial charge on any atom is 0.0236 e. The van der Waals surface area contributed by atoms with Gasteiger partial charge in [0.05, 0.1) is 0 Å². The van der Waals surface area contributed by atoms with Crippen LogP contribution in [0.1, 0.15) is 37.8 Å². The molecule has 3 heteroatoms. The fourth-order valence-corrected chi connectivity index (χ4v) is 3.26. The van der Waals surface area contributed by atoms with Crippen LogP contribution in [0.4, 0.5) is 0 Å². The molecule has 0 aliphatic carbocycles. The van der Waals surface area contributed by atoms with Crippen LogP contribution in [0.2, 0.25) is 0 Å². The molecule has 1 unspecified atom stereocenters. The maximum atomic E-state index is 3.64. The highest BCUT2D eigenvalue weighted by Crippen LogP contribution is 2.21. The summed E-state index contributed by atoms with van der Waals surface area (Å²) in [6.07, 6.45) is 2.69. The summed E-state index contributed by atoms with van der Waals surface area (Å²) in [5, 5.41) is 3.53. The second-order valence-electron chi connectivity index (χ2n) is 6.32. The molecule has 1 aromatic rings. The summed E-state index contributed by atoms with van der Waals surface area (Å²) in [7, 11) is 0. The molecule has 1 N–H and O–H groups in total. The molecule has 0 spiro atoms. The molecule has 112 valence electrons. The Morgan fingerprint density at radius 1 is 1.40 bits per heavy atom. The molecule has 0 amide bonds. The minimum absolute atomic E-state index is 0.594. The molecular formula is C17H27BrN2. The molecule has 1 heterocycles. The number of rotatable bonds is 5. The summed E-state index contributed by atoms with van der Waals surface area (Å²) < 4.78 is 1.22. The molecular weight excluding hydrogens is 312 g/mol. The summed E-state index contributed by atoms with van der Waals surface area (Å²) in [5.74, 6) is 0.806. The highest BCUT2D eigenvalue weighted by atomic mass is 79.9. The third-order valence-electron chi connectivity index (χ3n) is 4.24. The zero-order valence-corrected chi connectivity index (χ0v) is 14.5. The van der Waals surface area contributed by atoms with Crippen LogP contribution >= 0.6 is 15.9 Å². The molecule has 1 aliphatic heterocycles. The Hall–Kier alpha value is -0.380. The topological polar surface area (TPSA) is 15.3 Å². The van der Waals surface area contributed by atoms with Crippen molar-refractivity contribution in [3.63, 3.8) is 0 Å². The number of benzene rings is 1. The first-order chi connectivity index (χ1) is 9.56. The SMILES string of the molecule is Cc1ccc(CN(CC2CCCNC2)C(C)C)cc1Br. The van der Waals surface area contributed by atoms with Gasteiger partial charge in [-0.1, -0.05) is 28.1 Å². The summed E-state index contributed by atoms with van der Waals surface area (Å²) in [6, 6.07) is 7.33.